The second kappa shape index (κ2) is 3.65. The molecule has 0 unspecified atom stereocenters. The highest BCUT2D eigenvalue weighted by molar-refractivity contribution is 6.31. The molecule has 0 aliphatic carbocycles. The van der Waals surface area contributed by atoms with Gasteiger partial charge in [-0.15, -0.1) is 0 Å². The lowest BCUT2D eigenvalue weighted by atomic mass is 10.2. The second-order valence-electron chi connectivity index (χ2n) is 2.45. The molecular formula is C8H11ClN2O. The number of anilines is 1. The third-order valence-electron chi connectivity index (χ3n) is 1.60. The molecule has 0 atom stereocenters. The molecule has 0 fully saturated rings. The lowest BCUT2D eigenvalue weighted by Crippen LogP contribution is -2.08. The van der Waals surface area contributed by atoms with E-state index in [4.69, 9.17) is 22.2 Å². The van der Waals surface area contributed by atoms with E-state index in [0.717, 1.165) is 11.3 Å². The monoisotopic (exact) mass is 186 g/mol. The van der Waals surface area contributed by atoms with Crippen LogP contribution < -0.4 is 16.0 Å². The molecule has 12 heavy (non-hydrogen) atoms. The summed E-state index contributed by atoms with van der Waals surface area (Å²) in [5, 5.41) is 0.640. The fourth-order valence-corrected chi connectivity index (χ4v) is 1.38. The van der Waals surface area contributed by atoms with Crippen LogP contribution in [0.4, 0.5) is 5.69 Å². The van der Waals surface area contributed by atoms with Crippen LogP contribution in [0.15, 0.2) is 12.1 Å². The molecule has 0 saturated carbocycles. The number of hydrazine groups is 1. The minimum atomic E-state index is 0.640. The number of nitrogen functional groups attached to an aromatic ring is 1. The number of ether oxygens (including phenoxy) is 1. The summed E-state index contributed by atoms with van der Waals surface area (Å²) in [5.74, 6) is 6.00. The summed E-state index contributed by atoms with van der Waals surface area (Å²) in [4.78, 5) is 0. The first-order valence-corrected chi connectivity index (χ1v) is 3.87. The van der Waals surface area contributed by atoms with E-state index in [1.54, 1.807) is 13.2 Å². The summed E-state index contributed by atoms with van der Waals surface area (Å²) >= 11 is 5.81. The van der Waals surface area contributed by atoms with Crippen LogP contribution in [0.2, 0.25) is 5.02 Å². The third kappa shape index (κ3) is 1.62. The minimum absolute atomic E-state index is 0.640. The minimum Gasteiger partial charge on any atom is -0.494 e. The number of halogens is 1. The SMILES string of the molecule is COc1c(C)cc(Cl)cc1NN. The van der Waals surface area contributed by atoms with Crippen LogP contribution in [0.1, 0.15) is 5.56 Å². The van der Waals surface area contributed by atoms with Crippen molar-refractivity contribution in [1.82, 2.24) is 0 Å². The van der Waals surface area contributed by atoms with Gasteiger partial charge >= 0.3 is 0 Å². The summed E-state index contributed by atoms with van der Waals surface area (Å²) in [5.41, 5.74) is 4.17. The Morgan fingerprint density at radius 3 is 2.67 bits per heavy atom. The Balaban J connectivity index is 3.24. The Morgan fingerprint density at radius 1 is 1.50 bits per heavy atom. The molecule has 0 amide bonds. The first-order chi connectivity index (χ1) is 5.69. The van der Waals surface area contributed by atoms with E-state index in [9.17, 15) is 0 Å². The molecule has 4 heteroatoms. The standard InChI is InChI=1S/C8H11ClN2O/c1-5-3-6(9)4-7(11-10)8(5)12-2/h3-4,11H,10H2,1-2H3. The molecule has 0 aliphatic heterocycles. The zero-order valence-electron chi connectivity index (χ0n) is 7.02. The molecule has 0 heterocycles. The maximum Gasteiger partial charge on any atom is 0.146 e. The predicted octanol–water partition coefficient (Wildman–Crippen LogP) is 1.94. The summed E-state index contributed by atoms with van der Waals surface area (Å²) in [7, 11) is 1.59. The van der Waals surface area contributed by atoms with Crippen molar-refractivity contribution >= 4 is 17.3 Å². The van der Waals surface area contributed by atoms with Gasteiger partial charge in [0, 0.05) is 5.02 Å². The maximum atomic E-state index is 5.81. The highest BCUT2D eigenvalue weighted by Crippen LogP contribution is 2.30. The van der Waals surface area contributed by atoms with Gasteiger partial charge in [-0.05, 0) is 24.6 Å². The van der Waals surface area contributed by atoms with Gasteiger partial charge in [0.05, 0.1) is 12.8 Å². The quantitative estimate of drug-likeness (QED) is 0.548. The Kier molecular flexibility index (Phi) is 2.78. The number of rotatable bonds is 2. The topological polar surface area (TPSA) is 47.3 Å². The molecule has 3 N–H and O–H groups in total. The number of aryl methyl sites for hydroxylation is 1. The fraction of sp³-hybridized carbons (Fsp3) is 0.250. The molecule has 0 radical (unpaired) electrons. The molecule has 0 saturated heterocycles. The molecule has 3 nitrogen and oxygen atoms in total. The van der Waals surface area contributed by atoms with Gasteiger partial charge in [-0.3, -0.25) is 5.84 Å². The normalized spacial score (nSPS) is 9.67. The third-order valence-corrected chi connectivity index (χ3v) is 1.82. The molecule has 0 spiro atoms. The molecular weight excluding hydrogens is 176 g/mol. The molecule has 0 aliphatic rings. The maximum absolute atomic E-state index is 5.81. The summed E-state index contributed by atoms with van der Waals surface area (Å²) in [6, 6.07) is 3.54. The molecule has 0 bridgehead atoms. The van der Waals surface area contributed by atoms with Crippen molar-refractivity contribution in [3.8, 4) is 5.75 Å². The van der Waals surface area contributed by atoms with Crippen molar-refractivity contribution in [2.24, 2.45) is 5.84 Å². The van der Waals surface area contributed by atoms with Crippen molar-refractivity contribution in [2.75, 3.05) is 12.5 Å². The zero-order chi connectivity index (χ0) is 9.14. The fourth-order valence-electron chi connectivity index (χ4n) is 1.11. The number of methoxy groups -OCH3 is 1. The second-order valence-corrected chi connectivity index (χ2v) is 2.88. The van der Waals surface area contributed by atoms with Crippen molar-refractivity contribution in [1.29, 1.82) is 0 Å². The predicted molar refractivity (Wildman–Crippen MR) is 50.6 cm³/mol. The van der Waals surface area contributed by atoms with Gasteiger partial charge in [-0.1, -0.05) is 11.6 Å². The van der Waals surface area contributed by atoms with E-state index in [0.29, 0.717) is 10.7 Å². The molecule has 1 aromatic rings. The van der Waals surface area contributed by atoms with Gasteiger partial charge in [-0.2, -0.15) is 0 Å². The van der Waals surface area contributed by atoms with Crippen LogP contribution in [-0.2, 0) is 0 Å². The Hall–Kier alpha value is -0.930. The van der Waals surface area contributed by atoms with Gasteiger partial charge in [-0.25, -0.2) is 0 Å². The zero-order valence-corrected chi connectivity index (χ0v) is 7.77. The van der Waals surface area contributed by atoms with Crippen molar-refractivity contribution < 1.29 is 4.74 Å². The van der Waals surface area contributed by atoms with E-state index >= 15 is 0 Å². The molecule has 1 rings (SSSR count). The first-order valence-electron chi connectivity index (χ1n) is 3.49. The smallest absolute Gasteiger partial charge is 0.146 e. The summed E-state index contributed by atoms with van der Waals surface area (Å²) in [6.45, 7) is 1.91. The number of hydrogen-bond donors (Lipinski definition) is 2. The Bertz CT molecular complexity index is 289. The highest BCUT2D eigenvalue weighted by Gasteiger charge is 2.05. The number of nitrogens with two attached hydrogens (primary N) is 1. The van der Waals surface area contributed by atoms with Crippen molar-refractivity contribution in [3.05, 3.63) is 22.7 Å². The average Bonchev–Trinajstić information content (AvgIpc) is 2.03. The Labute approximate surface area is 76.4 Å². The lowest BCUT2D eigenvalue weighted by molar-refractivity contribution is 0.413. The van der Waals surface area contributed by atoms with E-state index in [2.05, 4.69) is 5.43 Å². The van der Waals surface area contributed by atoms with Crippen LogP contribution in [0.25, 0.3) is 0 Å². The van der Waals surface area contributed by atoms with Crippen LogP contribution in [-0.4, -0.2) is 7.11 Å². The lowest BCUT2D eigenvalue weighted by Gasteiger charge is -2.10. The number of benzene rings is 1. The Morgan fingerprint density at radius 2 is 2.17 bits per heavy atom. The van der Waals surface area contributed by atoms with E-state index in [1.165, 1.54) is 0 Å². The van der Waals surface area contributed by atoms with Gasteiger partial charge in [0.15, 0.2) is 0 Å². The van der Waals surface area contributed by atoms with Crippen LogP contribution in [0.5, 0.6) is 5.75 Å². The van der Waals surface area contributed by atoms with E-state index in [-0.39, 0.29) is 0 Å². The largest absolute Gasteiger partial charge is 0.494 e. The van der Waals surface area contributed by atoms with Crippen LogP contribution >= 0.6 is 11.6 Å². The van der Waals surface area contributed by atoms with Crippen molar-refractivity contribution in [3.63, 3.8) is 0 Å². The number of hydrogen-bond acceptors (Lipinski definition) is 3. The highest BCUT2D eigenvalue weighted by atomic mass is 35.5. The van der Waals surface area contributed by atoms with Crippen LogP contribution in [0, 0.1) is 6.92 Å². The molecule has 66 valence electrons. The van der Waals surface area contributed by atoms with Gasteiger partial charge in [0.1, 0.15) is 5.75 Å². The molecule has 1 aromatic carbocycles. The van der Waals surface area contributed by atoms with Crippen LogP contribution in [0.3, 0.4) is 0 Å². The summed E-state index contributed by atoms with van der Waals surface area (Å²) < 4.78 is 5.12. The van der Waals surface area contributed by atoms with Crippen molar-refractivity contribution in [2.45, 2.75) is 6.92 Å². The van der Waals surface area contributed by atoms with Gasteiger partial charge in [0.2, 0.25) is 0 Å². The first kappa shape index (κ1) is 9.16. The molecule has 0 aromatic heterocycles. The number of nitrogens with one attached hydrogen (secondary N) is 1. The summed E-state index contributed by atoms with van der Waals surface area (Å²) in [6.07, 6.45) is 0. The van der Waals surface area contributed by atoms with E-state index < -0.39 is 0 Å². The van der Waals surface area contributed by atoms with Gasteiger partial charge < -0.3 is 10.2 Å². The van der Waals surface area contributed by atoms with E-state index in [1.807, 2.05) is 13.0 Å². The average molecular weight is 187 g/mol. The van der Waals surface area contributed by atoms with Gasteiger partial charge in [0.25, 0.3) is 0 Å².